The smallest absolute Gasteiger partial charge is 0.224 e. The summed E-state index contributed by atoms with van der Waals surface area (Å²) in [6.07, 6.45) is 0.848. The maximum absolute atomic E-state index is 12.5. The Morgan fingerprint density at radius 3 is 2.19 bits per heavy atom. The van der Waals surface area contributed by atoms with Crippen LogP contribution in [0, 0.1) is 0 Å². The van der Waals surface area contributed by atoms with Gasteiger partial charge in [0.2, 0.25) is 11.8 Å². The van der Waals surface area contributed by atoms with E-state index in [1.807, 2.05) is 54.6 Å². The number of anilines is 2. The molecule has 1 aliphatic heterocycles. The first kappa shape index (κ1) is 33.8. The number of rotatable bonds is 14. The monoisotopic (exact) mass is 636 g/mol. The summed E-state index contributed by atoms with van der Waals surface area (Å²) in [6, 6.07) is 33.3. The second-order valence-electron chi connectivity index (χ2n) is 12.0. The lowest BCUT2D eigenvalue weighted by Gasteiger charge is -2.38. The number of carbonyl (C=O) groups is 2. The van der Waals surface area contributed by atoms with Crippen molar-refractivity contribution in [2.75, 3.05) is 24.6 Å². The molecule has 1 saturated heterocycles. The Labute approximate surface area is 276 Å². The minimum absolute atomic E-state index is 0.000903. The fourth-order valence-electron chi connectivity index (χ4n) is 5.65. The van der Waals surface area contributed by atoms with Crippen molar-refractivity contribution in [1.29, 1.82) is 0 Å². The molecule has 5 N–H and O–H groups in total. The number of aliphatic hydroxyl groups is 1. The van der Waals surface area contributed by atoms with E-state index in [0.29, 0.717) is 30.8 Å². The molecule has 2 amide bonds. The summed E-state index contributed by atoms with van der Waals surface area (Å²) in [7, 11) is 2.10. The SMILES string of the molecule is CN(Cc1ccccc1)C[C@H]1C[C@@H](c2ccc(CO)cc2)O[C@@H](c2ccc(CNC(=O)CCCC(=O)Nc3ccccc3N)cc2)O1. The van der Waals surface area contributed by atoms with Crippen LogP contribution < -0.4 is 16.4 Å². The van der Waals surface area contributed by atoms with Crippen LogP contribution in [0.2, 0.25) is 0 Å². The number of nitrogens with two attached hydrogens (primary N) is 1. The molecule has 0 unspecified atom stereocenters. The molecule has 246 valence electrons. The van der Waals surface area contributed by atoms with Gasteiger partial charge >= 0.3 is 0 Å². The third-order valence-corrected chi connectivity index (χ3v) is 8.21. The molecule has 0 spiro atoms. The first-order valence-corrected chi connectivity index (χ1v) is 16.1. The average molecular weight is 637 g/mol. The van der Waals surface area contributed by atoms with Crippen molar-refractivity contribution >= 4 is 23.2 Å². The first-order valence-electron chi connectivity index (χ1n) is 16.1. The predicted octanol–water partition coefficient (Wildman–Crippen LogP) is 5.86. The predicted molar refractivity (Wildman–Crippen MR) is 183 cm³/mol. The Morgan fingerprint density at radius 2 is 1.47 bits per heavy atom. The number of nitrogen functional groups attached to an aromatic ring is 1. The lowest BCUT2D eigenvalue weighted by atomic mass is 9.99. The summed E-state index contributed by atoms with van der Waals surface area (Å²) in [5, 5.41) is 15.2. The molecule has 1 fully saturated rings. The third-order valence-electron chi connectivity index (χ3n) is 8.21. The van der Waals surface area contributed by atoms with Gasteiger partial charge in [0.25, 0.3) is 0 Å². The molecular formula is C38H44N4O5. The van der Waals surface area contributed by atoms with Gasteiger partial charge in [0.1, 0.15) is 0 Å². The Bertz CT molecular complexity index is 1580. The number of benzene rings is 4. The fraction of sp³-hybridized carbons (Fsp3) is 0.316. The van der Waals surface area contributed by atoms with Crippen LogP contribution in [0.5, 0.6) is 0 Å². The Hall–Kier alpha value is -4.54. The second kappa shape index (κ2) is 16.9. The molecule has 0 bridgehead atoms. The lowest BCUT2D eigenvalue weighted by molar-refractivity contribution is -0.252. The summed E-state index contributed by atoms with van der Waals surface area (Å²) in [6.45, 7) is 1.94. The van der Waals surface area contributed by atoms with Gasteiger partial charge in [-0.05, 0) is 47.9 Å². The molecule has 5 rings (SSSR count). The lowest BCUT2D eigenvalue weighted by Crippen LogP contribution is -2.37. The molecule has 0 saturated carbocycles. The average Bonchev–Trinajstić information content (AvgIpc) is 3.09. The molecule has 4 aromatic carbocycles. The molecule has 9 nitrogen and oxygen atoms in total. The highest BCUT2D eigenvalue weighted by Gasteiger charge is 2.32. The van der Waals surface area contributed by atoms with E-state index in [0.717, 1.165) is 35.3 Å². The van der Waals surface area contributed by atoms with Crippen molar-refractivity contribution in [3.63, 3.8) is 0 Å². The summed E-state index contributed by atoms with van der Waals surface area (Å²) in [4.78, 5) is 27.0. The van der Waals surface area contributed by atoms with Crippen LogP contribution in [-0.4, -0.2) is 41.5 Å². The van der Waals surface area contributed by atoms with Crippen molar-refractivity contribution in [3.8, 4) is 0 Å². The van der Waals surface area contributed by atoms with Crippen molar-refractivity contribution in [3.05, 3.63) is 131 Å². The standard InChI is InChI=1S/C38H44N4O5/c1-42(24-28-8-3-2-4-9-28)25-32-22-35(30-18-16-29(26-43)17-19-30)47-38(46-32)31-20-14-27(15-21-31)23-40-36(44)12-7-13-37(45)41-34-11-6-5-10-33(34)39/h2-6,8-11,14-21,32,35,38,43H,7,12-13,22-26,39H2,1H3,(H,40,44)(H,41,45)/t32-,35+,38+/m1/s1. The van der Waals surface area contributed by atoms with Gasteiger partial charge in [-0.1, -0.05) is 91.0 Å². The maximum Gasteiger partial charge on any atom is 0.224 e. The molecule has 47 heavy (non-hydrogen) atoms. The van der Waals surface area contributed by atoms with Crippen LogP contribution in [0.3, 0.4) is 0 Å². The number of nitrogens with zero attached hydrogens (tertiary/aromatic N) is 1. The van der Waals surface area contributed by atoms with E-state index >= 15 is 0 Å². The van der Waals surface area contributed by atoms with Crippen LogP contribution in [0.25, 0.3) is 0 Å². The van der Waals surface area contributed by atoms with Crippen LogP contribution >= 0.6 is 0 Å². The minimum Gasteiger partial charge on any atom is -0.397 e. The van der Waals surface area contributed by atoms with Gasteiger partial charge < -0.3 is 30.9 Å². The highest BCUT2D eigenvalue weighted by Crippen LogP contribution is 2.38. The second-order valence-corrected chi connectivity index (χ2v) is 12.0. The number of amides is 2. The van der Waals surface area contributed by atoms with E-state index in [-0.39, 0.29) is 43.5 Å². The maximum atomic E-state index is 12.5. The molecule has 0 aliphatic carbocycles. The number of nitrogens with one attached hydrogen (secondary N) is 2. The normalized spacial score (nSPS) is 17.7. The molecule has 3 atom stereocenters. The molecular weight excluding hydrogens is 592 g/mol. The van der Waals surface area contributed by atoms with Crippen molar-refractivity contribution < 1.29 is 24.2 Å². The molecule has 1 heterocycles. The van der Waals surface area contributed by atoms with Crippen LogP contribution in [0.1, 0.15) is 65.9 Å². The van der Waals surface area contributed by atoms with Gasteiger partial charge in [-0.25, -0.2) is 0 Å². The van der Waals surface area contributed by atoms with E-state index in [1.165, 1.54) is 5.56 Å². The molecule has 0 radical (unpaired) electrons. The number of hydrogen-bond acceptors (Lipinski definition) is 7. The Balaban J connectivity index is 1.14. The van der Waals surface area contributed by atoms with E-state index in [2.05, 4.69) is 46.8 Å². The van der Waals surface area contributed by atoms with Gasteiger partial charge in [-0.15, -0.1) is 0 Å². The van der Waals surface area contributed by atoms with Gasteiger partial charge in [0, 0.05) is 44.5 Å². The molecule has 1 aliphatic rings. The van der Waals surface area contributed by atoms with Crippen molar-refractivity contribution in [2.45, 2.75) is 63.9 Å². The zero-order valence-corrected chi connectivity index (χ0v) is 26.8. The Morgan fingerprint density at radius 1 is 0.809 bits per heavy atom. The number of aliphatic hydroxyl groups excluding tert-OH is 1. The quantitative estimate of drug-likeness (QED) is 0.128. The summed E-state index contributed by atoms with van der Waals surface area (Å²) in [5.74, 6) is -0.287. The highest BCUT2D eigenvalue weighted by atomic mass is 16.7. The first-order chi connectivity index (χ1) is 22.9. The third kappa shape index (κ3) is 10.2. The van der Waals surface area contributed by atoms with Crippen LogP contribution in [-0.2, 0) is 38.8 Å². The number of carbonyl (C=O) groups excluding carboxylic acids is 2. The van der Waals surface area contributed by atoms with Crippen molar-refractivity contribution in [2.24, 2.45) is 0 Å². The largest absolute Gasteiger partial charge is 0.397 e. The van der Waals surface area contributed by atoms with Crippen LogP contribution in [0.4, 0.5) is 11.4 Å². The topological polar surface area (TPSA) is 126 Å². The van der Waals surface area contributed by atoms with Crippen molar-refractivity contribution in [1.82, 2.24) is 10.2 Å². The fourth-order valence-corrected chi connectivity index (χ4v) is 5.65. The highest BCUT2D eigenvalue weighted by molar-refractivity contribution is 5.93. The Kier molecular flexibility index (Phi) is 12.1. The number of hydrogen-bond donors (Lipinski definition) is 4. The number of para-hydroxylation sites is 2. The van der Waals surface area contributed by atoms with Crippen LogP contribution in [0.15, 0.2) is 103 Å². The van der Waals surface area contributed by atoms with Gasteiger partial charge in [-0.3, -0.25) is 14.5 Å². The number of ether oxygens (including phenoxy) is 2. The van der Waals surface area contributed by atoms with Gasteiger partial charge in [0.05, 0.1) is 30.2 Å². The van der Waals surface area contributed by atoms with Gasteiger partial charge in [-0.2, -0.15) is 0 Å². The summed E-state index contributed by atoms with van der Waals surface area (Å²) < 4.78 is 13.0. The van der Waals surface area contributed by atoms with E-state index in [4.69, 9.17) is 15.2 Å². The van der Waals surface area contributed by atoms with E-state index < -0.39 is 6.29 Å². The van der Waals surface area contributed by atoms with E-state index in [9.17, 15) is 14.7 Å². The molecule has 9 heteroatoms. The van der Waals surface area contributed by atoms with E-state index in [1.54, 1.807) is 24.3 Å². The molecule has 0 aromatic heterocycles. The molecule has 4 aromatic rings. The zero-order chi connectivity index (χ0) is 33.0. The van der Waals surface area contributed by atoms with Gasteiger partial charge in [0.15, 0.2) is 6.29 Å². The summed E-state index contributed by atoms with van der Waals surface area (Å²) >= 11 is 0. The summed E-state index contributed by atoms with van der Waals surface area (Å²) in [5.41, 5.74) is 12.0. The minimum atomic E-state index is -0.553. The number of likely N-dealkylation sites (N-methyl/N-ethyl adjacent to an activating group) is 1. The zero-order valence-electron chi connectivity index (χ0n) is 26.8.